The van der Waals surface area contributed by atoms with Crippen LogP contribution < -0.4 is 4.74 Å². The first-order valence-electron chi connectivity index (χ1n) is 22.1. The number of benzene rings is 10. The molecule has 0 saturated heterocycles. The molecule has 3 aliphatic rings. The third-order valence-corrected chi connectivity index (χ3v) is 14.6. The van der Waals surface area contributed by atoms with Crippen molar-refractivity contribution in [1.82, 2.24) is 0 Å². The standard InChI is InChI=1S/C61H40O2/c1-61(2)51-29-24-41(57-46-16-7-5-14-44(46)56(45-15-6-8-17-47(45)57)40-20-19-35-11-3-4-12-37(35)31-40)32-50(51)42-26-22-38(33-52(42)61)39-23-28-49-55(34-39)62-54-30-25-36-21-27-48-43-13-9-10-18-53(43)63-60(48)58(36)59(49)54/h3-34,43,53H,1-2H3. The zero-order valence-electron chi connectivity index (χ0n) is 34.9. The van der Waals surface area contributed by atoms with E-state index in [0.717, 1.165) is 38.6 Å². The molecule has 11 aromatic rings. The molecule has 2 atom stereocenters. The van der Waals surface area contributed by atoms with Crippen LogP contribution in [0.25, 0.3) is 110 Å². The number of furan rings is 1. The van der Waals surface area contributed by atoms with Crippen LogP contribution in [0.15, 0.2) is 199 Å². The first kappa shape index (κ1) is 35.0. The summed E-state index contributed by atoms with van der Waals surface area (Å²) >= 11 is 0. The van der Waals surface area contributed by atoms with Crippen molar-refractivity contribution in [1.29, 1.82) is 0 Å². The fourth-order valence-corrected chi connectivity index (χ4v) is 11.5. The second-order valence-electron chi connectivity index (χ2n) is 18.3. The molecule has 2 heterocycles. The van der Waals surface area contributed by atoms with Crippen LogP contribution in [-0.4, -0.2) is 6.10 Å². The van der Waals surface area contributed by atoms with E-state index in [2.05, 4.69) is 208 Å². The van der Waals surface area contributed by atoms with E-state index < -0.39 is 0 Å². The molecule has 1 aliphatic heterocycles. The van der Waals surface area contributed by atoms with Crippen LogP contribution in [0.1, 0.15) is 36.5 Å². The lowest BCUT2D eigenvalue weighted by atomic mass is 9.81. The lowest BCUT2D eigenvalue weighted by Crippen LogP contribution is -2.15. The van der Waals surface area contributed by atoms with Gasteiger partial charge in [0.05, 0.1) is 0 Å². The van der Waals surface area contributed by atoms with Gasteiger partial charge in [0.2, 0.25) is 0 Å². The van der Waals surface area contributed by atoms with Gasteiger partial charge in [-0.3, -0.25) is 0 Å². The van der Waals surface area contributed by atoms with Crippen molar-refractivity contribution in [3.8, 4) is 50.3 Å². The van der Waals surface area contributed by atoms with Gasteiger partial charge in [0, 0.05) is 33.1 Å². The smallest absolute Gasteiger partial charge is 0.136 e. The number of fused-ring (bicyclic) bond motifs is 15. The highest BCUT2D eigenvalue weighted by molar-refractivity contribution is 6.23. The topological polar surface area (TPSA) is 22.4 Å². The summed E-state index contributed by atoms with van der Waals surface area (Å²) < 4.78 is 13.3. The van der Waals surface area contributed by atoms with Gasteiger partial charge >= 0.3 is 0 Å². The van der Waals surface area contributed by atoms with Gasteiger partial charge in [-0.1, -0.05) is 166 Å². The Morgan fingerprint density at radius 1 is 0.429 bits per heavy atom. The van der Waals surface area contributed by atoms with Crippen molar-refractivity contribution in [2.45, 2.75) is 31.3 Å². The minimum Gasteiger partial charge on any atom is -0.484 e. The summed E-state index contributed by atoms with van der Waals surface area (Å²) in [5.74, 6) is 1.23. The predicted molar refractivity (Wildman–Crippen MR) is 263 cm³/mol. The lowest BCUT2D eigenvalue weighted by molar-refractivity contribution is 0.271. The summed E-state index contributed by atoms with van der Waals surface area (Å²) in [4.78, 5) is 0. The Hall–Kier alpha value is -7.68. The van der Waals surface area contributed by atoms with Crippen LogP contribution in [0.4, 0.5) is 0 Å². The molecule has 14 rings (SSSR count). The Morgan fingerprint density at radius 3 is 1.86 bits per heavy atom. The number of hydrogen-bond acceptors (Lipinski definition) is 2. The SMILES string of the molecule is CC1(C)c2ccc(-c3c4ccccc4c(-c4ccc5ccccc5c4)c4ccccc34)cc2-c2ccc(-c3ccc4c(c3)oc3ccc5ccc6c(c5c34)OC3C=CC=CC63)cc21. The molecule has 2 heteroatoms. The molecule has 0 amide bonds. The van der Waals surface area contributed by atoms with Crippen molar-refractivity contribution in [3.63, 3.8) is 0 Å². The van der Waals surface area contributed by atoms with E-state index in [-0.39, 0.29) is 17.4 Å². The highest BCUT2D eigenvalue weighted by atomic mass is 16.5. The first-order valence-corrected chi connectivity index (χ1v) is 22.1. The van der Waals surface area contributed by atoms with Crippen molar-refractivity contribution >= 4 is 65.0 Å². The maximum absolute atomic E-state index is 6.67. The molecule has 1 aromatic heterocycles. The summed E-state index contributed by atoms with van der Waals surface area (Å²) in [6.45, 7) is 4.75. The van der Waals surface area contributed by atoms with Crippen LogP contribution in [0, 0.1) is 0 Å². The van der Waals surface area contributed by atoms with Gasteiger partial charge in [-0.2, -0.15) is 0 Å². The molecule has 0 saturated carbocycles. The fraction of sp³-hybridized carbons (Fsp3) is 0.0820. The molecule has 2 nitrogen and oxygen atoms in total. The summed E-state index contributed by atoms with van der Waals surface area (Å²) in [5.41, 5.74) is 15.6. The number of allylic oxidation sites excluding steroid dienone is 2. The van der Waals surface area contributed by atoms with E-state index in [4.69, 9.17) is 9.15 Å². The summed E-state index contributed by atoms with van der Waals surface area (Å²) in [7, 11) is 0. The molecule has 0 radical (unpaired) electrons. The second kappa shape index (κ2) is 12.7. The highest BCUT2D eigenvalue weighted by Gasteiger charge is 2.37. The van der Waals surface area contributed by atoms with E-state index in [1.807, 2.05) is 0 Å². The molecule has 0 fully saturated rings. The maximum Gasteiger partial charge on any atom is 0.136 e. The van der Waals surface area contributed by atoms with Crippen LogP contribution in [0.2, 0.25) is 0 Å². The van der Waals surface area contributed by atoms with E-state index in [0.29, 0.717) is 0 Å². The van der Waals surface area contributed by atoms with E-state index in [1.54, 1.807) is 0 Å². The van der Waals surface area contributed by atoms with Gasteiger partial charge in [0.25, 0.3) is 0 Å². The Balaban J connectivity index is 0.887. The first-order chi connectivity index (χ1) is 31.0. The minimum atomic E-state index is -0.173. The van der Waals surface area contributed by atoms with Crippen LogP contribution in [0.5, 0.6) is 5.75 Å². The normalized spacial score (nSPS) is 16.9. The van der Waals surface area contributed by atoms with Crippen molar-refractivity contribution in [3.05, 3.63) is 211 Å². The molecule has 10 aromatic carbocycles. The molecule has 2 aliphatic carbocycles. The maximum atomic E-state index is 6.67. The van der Waals surface area contributed by atoms with E-state index in [9.17, 15) is 0 Å². The lowest BCUT2D eigenvalue weighted by Gasteiger charge is -2.22. The quantitative estimate of drug-likeness (QED) is 0.166. The Morgan fingerprint density at radius 2 is 1.06 bits per heavy atom. The van der Waals surface area contributed by atoms with E-state index >= 15 is 0 Å². The summed E-state index contributed by atoms with van der Waals surface area (Å²) in [6, 6.07) is 63.2. The predicted octanol–water partition coefficient (Wildman–Crippen LogP) is 16.5. The van der Waals surface area contributed by atoms with Gasteiger partial charge in [-0.05, 0) is 136 Å². The second-order valence-corrected chi connectivity index (χ2v) is 18.3. The van der Waals surface area contributed by atoms with Gasteiger partial charge < -0.3 is 9.15 Å². The third kappa shape index (κ3) is 4.89. The van der Waals surface area contributed by atoms with Crippen LogP contribution in [0.3, 0.4) is 0 Å². The van der Waals surface area contributed by atoms with Crippen molar-refractivity contribution < 1.29 is 9.15 Å². The highest BCUT2D eigenvalue weighted by Crippen LogP contribution is 2.53. The largest absolute Gasteiger partial charge is 0.484 e. The van der Waals surface area contributed by atoms with Crippen molar-refractivity contribution in [2.75, 3.05) is 0 Å². The molecular formula is C61H40O2. The van der Waals surface area contributed by atoms with Gasteiger partial charge in [0.15, 0.2) is 0 Å². The van der Waals surface area contributed by atoms with Crippen LogP contribution >= 0.6 is 0 Å². The molecular weight excluding hydrogens is 765 g/mol. The molecule has 0 spiro atoms. The Labute approximate surface area is 365 Å². The average Bonchev–Trinajstić information content (AvgIpc) is 3.97. The number of rotatable bonds is 3. The Kier molecular flexibility index (Phi) is 7.04. The molecule has 0 bridgehead atoms. The van der Waals surface area contributed by atoms with E-state index in [1.165, 1.54) is 93.3 Å². The zero-order valence-corrected chi connectivity index (χ0v) is 34.9. The molecule has 63 heavy (non-hydrogen) atoms. The number of hydrogen-bond donors (Lipinski definition) is 0. The van der Waals surface area contributed by atoms with Gasteiger partial charge in [0.1, 0.15) is 23.0 Å². The minimum absolute atomic E-state index is 0.0327. The fourth-order valence-electron chi connectivity index (χ4n) is 11.5. The third-order valence-electron chi connectivity index (χ3n) is 14.6. The monoisotopic (exact) mass is 804 g/mol. The number of ether oxygens (including phenoxy) is 1. The van der Waals surface area contributed by atoms with Crippen molar-refractivity contribution in [2.24, 2.45) is 0 Å². The van der Waals surface area contributed by atoms with Gasteiger partial charge in [-0.15, -0.1) is 0 Å². The average molecular weight is 805 g/mol. The molecule has 2 unspecified atom stereocenters. The summed E-state index contributed by atoms with van der Waals surface area (Å²) in [6.07, 6.45) is 8.68. The molecule has 0 N–H and O–H groups in total. The summed E-state index contributed by atoms with van der Waals surface area (Å²) in [5, 5.41) is 12.1. The Bertz CT molecular complexity index is 3820. The van der Waals surface area contributed by atoms with Crippen LogP contribution in [-0.2, 0) is 5.41 Å². The van der Waals surface area contributed by atoms with Gasteiger partial charge in [-0.25, -0.2) is 0 Å². The molecule has 296 valence electrons. The zero-order chi connectivity index (χ0) is 41.6.